The molecule has 1 unspecified atom stereocenters. The first-order valence-electron chi connectivity index (χ1n) is 6.29. The minimum absolute atomic E-state index is 0.0578. The van der Waals surface area contributed by atoms with Gasteiger partial charge in [-0.2, -0.15) is 0 Å². The second kappa shape index (κ2) is 5.15. The van der Waals surface area contributed by atoms with E-state index in [0.717, 1.165) is 34.0 Å². The number of ether oxygens (including phenoxy) is 1. The first-order chi connectivity index (χ1) is 9.15. The number of carbonyl (C=O) groups excluding carboxylic acids is 1. The Hall–Kier alpha value is -1.04. The third-order valence-electron chi connectivity index (χ3n) is 3.45. The van der Waals surface area contributed by atoms with Gasteiger partial charge in [-0.25, -0.2) is 0 Å². The molecule has 0 saturated carbocycles. The summed E-state index contributed by atoms with van der Waals surface area (Å²) in [6, 6.07) is 3.77. The van der Waals surface area contributed by atoms with E-state index in [9.17, 15) is 4.79 Å². The van der Waals surface area contributed by atoms with Gasteiger partial charge < -0.3 is 14.6 Å². The van der Waals surface area contributed by atoms with Crippen molar-refractivity contribution in [1.29, 1.82) is 0 Å². The average Bonchev–Trinajstić information content (AvgIpc) is 3.06. The van der Waals surface area contributed by atoms with Crippen LogP contribution in [-0.2, 0) is 11.8 Å². The van der Waals surface area contributed by atoms with Gasteiger partial charge >= 0.3 is 0 Å². The maximum absolute atomic E-state index is 12.2. The Kier molecular flexibility index (Phi) is 3.52. The van der Waals surface area contributed by atoms with E-state index in [1.165, 1.54) is 11.3 Å². The number of aromatic nitrogens is 1. The third kappa shape index (κ3) is 2.50. The second-order valence-corrected chi connectivity index (χ2v) is 6.45. The number of hydrogen-bond acceptors (Lipinski definition) is 3. The SMILES string of the molecule is Cn1c(C(=O)NCC2CCCO2)cc2sc(Cl)cc21. The van der Waals surface area contributed by atoms with Crippen molar-refractivity contribution in [2.75, 3.05) is 13.2 Å². The smallest absolute Gasteiger partial charge is 0.268 e. The summed E-state index contributed by atoms with van der Waals surface area (Å²) in [6.45, 7) is 1.39. The Morgan fingerprint density at radius 1 is 1.63 bits per heavy atom. The lowest BCUT2D eigenvalue weighted by Crippen LogP contribution is -2.32. The number of aryl methyl sites for hydroxylation is 1. The Morgan fingerprint density at radius 2 is 2.47 bits per heavy atom. The molecule has 2 aromatic heterocycles. The summed E-state index contributed by atoms with van der Waals surface area (Å²) in [5.74, 6) is -0.0578. The molecule has 0 radical (unpaired) electrons. The van der Waals surface area contributed by atoms with Gasteiger partial charge in [0, 0.05) is 20.2 Å². The summed E-state index contributed by atoms with van der Waals surface area (Å²) >= 11 is 7.45. The Labute approximate surface area is 120 Å². The summed E-state index contributed by atoms with van der Waals surface area (Å²) in [5, 5.41) is 2.93. The lowest BCUT2D eigenvalue weighted by atomic mass is 10.2. The topological polar surface area (TPSA) is 43.3 Å². The van der Waals surface area contributed by atoms with Crippen LogP contribution in [0.2, 0.25) is 4.34 Å². The van der Waals surface area contributed by atoms with Crippen LogP contribution in [0.4, 0.5) is 0 Å². The van der Waals surface area contributed by atoms with Crippen molar-refractivity contribution >= 4 is 39.1 Å². The van der Waals surface area contributed by atoms with Crippen molar-refractivity contribution < 1.29 is 9.53 Å². The number of rotatable bonds is 3. The number of amides is 1. The molecule has 1 amide bonds. The maximum Gasteiger partial charge on any atom is 0.268 e. The third-order valence-corrected chi connectivity index (χ3v) is 4.65. The number of nitrogens with zero attached hydrogens (tertiary/aromatic N) is 1. The van der Waals surface area contributed by atoms with Crippen LogP contribution >= 0.6 is 22.9 Å². The minimum Gasteiger partial charge on any atom is -0.376 e. The van der Waals surface area contributed by atoms with Crippen molar-refractivity contribution in [2.45, 2.75) is 18.9 Å². The minimum atomic E-state index is -0.0578. The molecule has 1 N–H and O–H groups in total. The van der Waals surface area contributed by atoms with Gasteiger partial charge in [-0.3, -0.25) is 4.79 Å². The highest BCUT2D eigenvalue weighted by molar-refractivity contribution is 7.22. The van der Waals surface area contributed by atoms with Gasteiger partial charge in [-0.15, -0.1) is 11.3 Å². The zero-order chi connectivity index (χ0) is 13.4. The Morgan fingerprint density at radius 3 is 3.16 bits per heavy atom. The van der Waals surface area contributed by atoms with E-state index < -0.39 is 0 Å². The lowest BCUT2D eigenvalue weighted by Gasteiger charge is -2.11. The van der Waals surface area contributed by atoms with Gasteiger partial charge in [-0.1, -0.05) is 11.6 Å². The van der Waals surface area contributed by atoms with E-state index in [1.54, 1.807) is 0 Å². The molecule has 0 bridgehead atoms. The first kappa shape index (κ1) is 13.0. The fraction of sp³-hybridized carbons (Fsp3) is 0.462. The molecule has 19 heavy (non-hydrogen) atoms. The molecule has 1 atom stereocenters. The largest absolute Gasteiger partial charge is 0.376 e. The monoisotopic (exact) mass is 298 g/mol. The van der Waals surface area contributed by atoms with Crippen molar-refractivity contribution in [1.82, 2.24) is 9.88 Å². The van der Waals surface area contributed by atoms with Crippen molar-refractivity contribution in [2.24, 2.45) is 7.05 Å². The lowest BCUT2D eigenvalue weighted by molar-refractivity contribution is 0.0851. The molecule has 3 rings (SSSR count). The van der Waals surface area contributed by atoms with Crippen molar-refractivity contribution in [3.63, 3.8) is 0 Å². The van der Waals surface area contributed by atoms with Crippen LogP contribution in [0.5, 0.6) is 0 Å². The zero-order valence-corrected chi connectivity index (χ0v) is 12.2. The summed E-state index contributed by atoms with van der Waals surface area (Å²) in [6.07, 6.45) is 2.27. The van der Waals surface area contributed by atoms with Gasteiger partial charge in [0.1, 0.15) is 5.69 Å². The number of halogens is 1. The predicted octanol–water partition coefficient (Wildman–Crippen LogP) is 2.80. The standard InChI is InChI=1S/C13H15ClN2O2S/c1-16-9-6-12(14)19-11(9)5-10(16)13(17)15-7-8-3-2-4-18-8/h5-6,8H,2-4,7H2,1H3,(H,15,17). The van der Waals surface area contributed by atoms with Crippen molar-refractivity contribution in [3.8, 4) is 0 Å². The highest BCUT2D eigenvalue weighted by Crippen LogP contribution is 2.31. The van der Waals surface area contributed by atoms with Crippen LogP contribution in [0.15, 0.2) is 12.1 Å². The molecular formula is C13H15ClN2O2S. The van der Waals surface area contributed by atoms with Gasteiger partial charge in [0.05, 0.1) is 20.7 Å². The molecule has 2 aromatic rings. The van der Waals surface area contributed by atoms with Gasteiger partial charge in [0.25, 0.3) is 5.91 Å². The normalized spacial score (nSPS) is 19.2. The molecule has 102 valence electrons. The van der Waals surface area contributed by atoms with Gasteiger partial charge in [0.15, 0.2) is 0 Å². The fourth-order valence-corrected chi connectivity index (χ4v) is 3.61. The van der Waals surface area contributed by atoms with E-state index in [1.807, 2.05) is 23.7 Å². The van der Waals surface area contributed by atoms with Crippen LogP contribution in [0.1, 0.15) is 23.3 Å². The highest BCUT2D eigenvalue weighted by Gasteiger charge is 2.19. The second-order valence-electron chi connectivity index (χ2n) is 4.73. The van der Waals surface area contributed by atoms with E-state index in [4.69, 9.17) is 16.3 Å². The molecule has 0 aliphatic carbocycles. The fourth-order valence-electron chi connectivity index (χ4n) is 2.40. The van der Waals surface area contributed by atoms with Gasteiger partial charge in [-0.05, 0) is 25.0 Å². The molecule has 1 aliphatic rings. The summed E-state index contributed by atoms with van der Waals surface area (Å²) in [5.41, 5.74) is 1.66. The molecule has 0 spiro atoms. The number of fused-ring (bicyclic) bond motifs is 1. The summed E-state index contributed by atoms with van der Waals surface area (Å²) in [7, 11) is 1.88. The molecule has 0 aromatic carbocycles. The average molecular weight is 299 g/mol. The van der Waals surface area contributed by atoms with E-state index in [-0.39, 0.29) is 12.0 Å². The summed E-state index contributed by atoms with van der Waals surface area (Å²) < 4.78 is 9.15. The molecular weight excluding hydrogens is 284 g/mol. The number of carbonyl (C=O) groups is 1. The van der Waals surface area contributed by atoms with Gasteiger partial charge in [0.2, 0.25) is 0 Å². The Balaban J connectivity index is 1.73. The zero-order valence-electron chi connectivity index (χ0n) is 10.6. The molecule has 1 fully saturated rings. The van der Waals surface area contributed by atoms with Crippen LogP contribution in [0.3, 0.4) is 0 Å². The number of hydrogen-bond donors (Lipinski definition) is 1. The van der Waals surface area contributed by atoms with E-state index in [0.29, 0.717) is 12.2 Å². The maximum atomic E-state index is 12.2. The molecule has 3 heterocycles. The highest BCUT2D eigenvalue weighted by atomic mass is 35.5. The van der Waals surface area contributed by atoms with Crippen LogP contribution < -0.4 is 5.32 Å². The van der Waals surface area contributed by atoms with E-state index in [2.05, 4.69) is 5.32 Å². The van der Waals surface area contributed by atoms with Crippen LogP contribution in [-0.4, -0.2) is 29.7 Å². The molecule has 6 heteroatoms. The van der Waals surface area contributed by atoms with E-state index >= 15 is 0 Å². The predicted molar refractivity (Wildman–Crippen MR) is 77.1 cm³/mol. The van der Waals surface area contributed by atoms with Crippen LogP contribution in [0.25, 0.3) is 10.2 Å². The Bertz CT molecular complexity index is 613. The van der Waals surface area contributed by atoms with Crippen LogP contribution in [0, 0.1) is 0 Å². The first-order valence-corrected chi connectivity index (χ1v) is 7.49. The summed E-state index contributed by atoms with van der Waals surface area (Å²) in [4.78, 5) is 12.2. The quantitative estimate of drug-likeness (QED) is 0.947. The molecule has 1 saturated heterocycles. The van der Waals surface area contributed by atoms with Crippen molar-refractivity contribution in [3.05, 3.63) is 22.2 Å². The number of thiophene rings is 1. The number of nitrogens with one attached hydrogen (secondary N) is 1. The molecule has 1 aliphatic heterocycles. The molecule has 4 nitrogen and oxygen atoms in total.